The Labute approximate surface area is 140 Å². The number of benzene rings is 1. The predicted molar refractivity (Wildman–Crippen MR) is 92.8 cm³/mol. The van der Waals surface area contributed by atoms with E-state index in [0.717, 1.165) is 31.7 Å². The summed E-state index contributed by atoms with van der Waals surface area (Å²) in [5.41, 5.74) is 0. The van der Waals surface area contributed by atoms with Gasteiger partial charge in [0, 0.05) is 12.6 Å². The second-order valence-electron chi connectivity index (χ2n) is 7.04. The van der Waals surface area contributed by atoms with Crippen LogP contribution in [-0.2, 0) is 10.0 Å². The molecule has 2 aliphatic rings. The lowest BCUT2D eigenvalue weighted by atomic mass is 9.99. The summed E-state index contributed by atoms with van der Waals surface area (Å²) in [5.74, 6) is 0.840. The van der Waals surface area contributed by atoms with Crippen molar-refractivity contribution in [3.8, 4) is 0 Å². The van der Waals surface area contributed by atoms with Crippen LogP contribution >= 0.6 is 0 Å². The van der Waals surface area contributed by atoms with Crippen LogP contribution in [0.15, 0.2) is 35.2 Å². The van der Waals surface area contributed by atoms with Gasteiger partial charge in [0.2, 0.25) is 10.0 Å². The molecule has 5 heteroatoms. The molecule has 0 radical (unpaired) electrons. The molecule has 0 aliphatic carbocycles. The highest BCUT2D eigenvalue weighted by molar-refractivity contribution is 7.89. The molecule has 1 aromatic rings. The number of hydrogen-bond donors (Lipinski definition) is 0. The van der Waals surface area contributed by atoms with Crippen LogP contribution in [-0.4, -0.2) is 49.8 Å². The number of rotatable bonds is 5. The van der Waals surface area contributed by atoms with E-state index in [4.69, 9.17) is 0 Å². The maximum atomic E-state index is 12.9. The van der Waals surface area contributed by atoms with Crippen LogP contribution in [0.5, 0.6) is 0 Å². The third-order valence-electron chi connectivity index (χ3n) is 5.33. The maximum Gasteiger partial charge on any atom is 0.243 e. The Morgan fingerprint density at radius 1 is 1.04 bits per heavy atom. The first kappa shape index (κ1) is 16.9. The van der Waals surface area contributed by atoms with Gasteiger partial charge in [-0.3, -0.25) is 0 Å². The van der Waals surface area contributed by atoms with E-state index in [9.17, 15) is 8.42 Å². The fourth-order valence-corrected chi connectivity index (χ4v) is 5.50. The largest absolute Gasteiger partial charge is 0.303 e. The number of hydrogen-bond acceptors (Lipinski definition) is 3. The molecule has 4 nitrogen and oxygen atoms in total. The molecule has 0 bridgehead atoms. The average Bonchev–Trinajstić information content (AvgIpc) is 3.04. The summed E-state index contributed by atoms with van der Waals surface area (Å²) in [5, 5.41) is 0. The van der Waals surface area contributed by atoms with Gasteiger partial charge in [-0.2, -0.15) is 4.31 Å². The molecule has 3 rings (SSSR count). The fourth-order valence-electron chi connectivity index (χ4n) is 3.76. The minimum absolute atomic E-state index is 0.166. The van der Waals surface area contributed by atoms with E-state index in [1.54, 1.807) is 28.6 Å². The van der Waals surface area contributed by atoms with Gasteiger partial charge in [-0.1, -0.05) is 25.1 Å². The van der Waals surface area contributed by atoms with Gasteiger partial charge in [0.25, 0.3) is 0 Å². The van der Waals surface area contributed by atoms with E-state index >= 15 is 0 Å². The van der Waals surface area contributed by atoms with Crippen molar-refractivity contribution in [2.75, 3.05) is 26.2 Å². The number of sulfonamides is 1. The highest BCUT2D eigenvalue weighted by Crippen LogP contribution is 2.28. The van der Waals surface area contributed by atoms with Gasteiger partial charge in [-0.25, -0.2) is 8.42 Å². The Bertz CT molecular complexity index is 595. The summed E-state index contributed by atoms with van der Waals surface area (Å²) in [4.78, 5) is 2.93. The van der Waals surface area contributed by atoms with Crippen molar-refractivity contribution in [1.82, 2.24) is 9.21 Å². The topological polar surface area (TPSA) is 40.6 Å². The van der Waals surface area contributed by atoms with Crippen LogP contribution in [0, 0.1) is 5.92 Å². The van der Waals surface area contributed by atoms with Crippen molar-refractivity contribution in [3.63, 3.8) is 0 Å². The molecule has 0 aromatic heterocycles. The van der Waals surface area contributed by atoms with E-state index in [1.807, 2.05) is 6.07 Å². The molecule has 23 heavy (non-hydrogen) atoms. The van der Waals surface area contributed by atoms with E-state index in [0.29, 0.717) is 11.4 Å². The molecule has 2 saturated heterocycles. The van der Waals surface area contributed by atoms with Gasteiger partial charge in [0.05, 0.1) is 4.90 Å². The molecule has 0 amide bonds. The molecule has 0 spiro atoms. The van der Waals surface area contributed by atoms with Crippen molar-refractivity contribution in [2.24, 2.45) is 5.92 Å². The first-order valence-electron chi connectivity index (χ1n) is 8.86. The van der Waals surface area contributed by atoms with Gasteiger partial charge in [-0.05, 0) is 69.8 Å². The Balaban J connectivity index is 1.62. The Morgan fingerprint density at radius 2 is 1.74 bits per heavy atom. The lowest BCUT2D eigenvalue weighted by molar-refractivity contribution is 0.179. The first-order chi connectivity index (χ1) is 11.1. The molecular weight excluding hydrogens is 308 g/mol. The molecular formula is C18H28N2O2S. The van der Waals surface area contributed by atoms with Crippen molar-refractivity contribution >= 4 is 10.0 Å². The molecule has 128 valence electrons. The van der Waals surface area contributed by atoms with Crippen LogP contribution < -0.4 is 0 Å². The molecule has 1 atom stereocenters. The van der Waals surface area contributed by atoms with Crippen molar-refractivity contribution in [3.05, 3.63) is 30.3 Å². The van der Waals surface area contributed by atoms with Gasteiger partial charge in [0.1, 0.15) is 0 Å². The molecule has 0 N–H and O–H groups in total. The zero-order valence-electron chi connectivity index (χ0n) is 14.0. The summed E-state index contributed by atoms with van der Waals surface area (Å²) >= 11 is 0. The number of piperidine rings is 1. The monoisotopic (exact) mass is 336 g/mol. The fraction of sp³-hybridized carbons (Fsp3) is 0.667. The Morgan fingerprint density at radius 3 is 2.43 bits per heavy atom. The second-order valence-corrected chi connectivity index (χ2v) is 8.93. The van der Waals surface area contributed by atoms with E-state index in [2.05, 4.69) is 11.8 Å². The van der Waals surface area contributed by atoms with E-state index in [-0.39, 0.29) is 6.04 Å². The van der Waals surface area contributed by atoms with Gasteiger partial charge in [-0.15, -0.1) is 0 Å². The van der Waals surface area contributed by atoms with Crippen molar-refractivity contribution in [2.45, 2.75) is 50.0 Å². The molecule has 2 fully saturated rings. The third-order valence-corrected chi connectivity index (χ3v) is 7.29. The standard InChI is InChI=1S/C18H28N2O2S/c1-16-9-13-19(14-10-16)15-11-17-6-5-12-20(17)23(21,22)18-7-3-2-4-8-18/h2-4,7-8,16-17H,5-6,9-15H2,1H3/t17-/m1/s1. The second kappa shape index (κ2) is 7.32. The van der Waals surface area contributed by atoms with Crippen LogP contribution in [0.25, 0.3) is 0 Å². The quantitative estimate of drug-likeness (QED) is 0.830. The smallest absolute Gasteiger partial charge is 0.243 e. The summed E-state index contributed by atoms with van der Waals surface area (Å²) in [6, 6.07) is 9.03. The normalized spacial score (nSPS) is 25.0. The lowest BCUT2D eigenvalue weighted by Gasteiger charge is -2.32. The maximum absolute atomic E-state index is 12.9. The molecule has 2 heterocycles. The zero-order valence-corrected chi connectivity index (χ0v) is 14.8. The average molecular weight is 337 g/mol. The van der Waals surface area contributed by atoms with Crippen LogP contribution in [0.2, 0.25) is 0 Å². The molecule has 2 aliphatic heterocycles. The van der Waals surface area contributed by atoms with Crippen LogP contribution in [0.3, 0.4) is 0 Å². The van der Waals surface area contributed by atoms with Crippen molar-refractivity contribution in [1.29, 1.82) is 0 Å². The third kappa shape index (κ3) is 3.95. The minimum Gasteiger partial charge on any atom is -0.303 e. The van der Waals surface area contributed by atoms with E-state index < -0.39 is 10.0 Å². The number of nitrogens with zero attached hydrogens (tertiary/aromatic N) is 2. The molecule has 0 saturated carbocycles. The van der Waals surface area contributed by atoms with Crippen LogP contribution in [0.1, 0.15) is 39.0 Å². The SMILES string of the molecule is CC1CCN(CC[C@H]2CCCN2S(=O)(=O)c2ccccc2)CC1. The van der Waals surface area contributed by atoms with Gasteiger partial charge in [0.15, 0.2) is 0 Å². The summed E-state index contributed by atoms with van der Waals surface area (Å²) in [7, 11) is -3.33. The molecule has 0 unspecified atom stereocenters. The van der Waals surface area contributed by atoms with E-state index in [1.165, 1.54) is 25.9 Å². The minimum atomic E-state index is -3.33. The first-order valence-corrected chi connectivity index (χ1v) is 10.3. The highest BCUT2D eigenvalue weighted by atomic mass is 32.2. The molecule has 1 aromatic carbocycles. The Kier molecular flexibility index (Phi) is 5.39. The number of likely N-dealkylation sites (tertiary alicyclic amines) is 1. The summed E-state index contributed by atoms with van der Waals surface area (Å²) < 4.78 is 27.4. The highest BCUT2D eigenvalue weighted by Gasteiger charge is 2.35. The van der Waals surface area contributed by atoms with Gasteiger partial charge < -0.3 is 4.90 Å². The Hall–Kier alpha value is -0.910. The van der Waals surface area contributed by atoms with Crippen LogP contribution in [0.4, 0.5) is 0 Å². The summed E-state index contributed by atoms with van der Waals surface area (Å²) in [6.07, 6.45) is 5.48. The zero-order chi connectivity index (χ0) is 16.3. The van der Waals surface area contributed by atoms with Crippen molar-refractivity contribution < 1.29 is 8.42 Å². The summed E-state index contributed by atoms with van der Waals surface area (Å²) in [6.45, 7) is 6.35. The predicted octanol–water partition coefficient (Wildman–Crippen LogP) is 2.96. The van der Waals surface area contributed by atoms with Gasteiger partial charge >= 0.3 is 0 Å². The lowest BCUT2D eigenvalue weighted by Crippen LogP contribution is -2.40.